The van der Waals surface area contributed by atoms with Gasteiger partial charge in [-0.2, -0.15) is 0 Å². The predicted octanol–water partition coefficient (Wildman–Crippen LogP) is 17.1. The lowest BCUT2D eigenvalue weighted by Crippen LogP contribution is -2.26. The van der Waals surface area contributed by atoms with E-state index in [9.17, 15) is 0 Å². The van der Waals surface area contributed by atoms with Crippen molar-refractivity contribution in [1.82, 2.24) is 4.57 Å². The van der Waals surface area contributed by atoms with Crippen LogP contribution in [0.25, 0.3) is 82.8 Å². The van der Waals surface area contributed by atoms with Crippen molar-refractivity contribution in [1.29, 1.82) is 0 Å². The number of anilines is 3. The summed E-state index contributed by atoms with van der Waals surface area (Å²) < 4.78 is 2.46. The van der Waals surface area contributed by atoms with E-state index in [4.69, 9.17) is 0 Å². The van der Waals surface area contributed by atoms with Gasteiger partial charge in [0.05, 0.1) is 16.4 Å². The molecule has 0 atom stereocenters. The van der Waals surface area contributed by atoms with Gasteiger partial charge in [-0.15, -0.1) is 0 Å². The summed E-state index contributed by atoms with van der Waals surface area (Å²) in [6, 6.07) is 94.5. The Bertz CT molecular complexity index is 3820. The highest BCUT2D eigenvalue weighted by Crippen LogP contribution is 2.63. The van der Waals surface area contributed by atoms with Crippen molar-refractivity contribution in [3.8, 4) is 50.2 Å². The summed E-state index contributed by atoms with van der Waals surface area (Å²) in [5.74, 6) is 0. The molecule has 1 aromatic heterocycles. The molecule has 0 bridgehead atoms. The van der Waals surface area contributed by atoms with Crippen LogP contribution in [0.15, 0.2) is 255 Å². The third-order valence-electron chi connectivity index (χ3n) is 14.6. The van der Waals surface area contributed by atoms with Crippen LogP contribution >= 0.6 is 0 Å². The fourth-order valence-corrected chi connectivity index (χ4v) is 11.7. The smallest absolute Gasteiger partial charge is 0.0727 e. The minimum Gasteiger partial charge on any atom is -0.310 e. The number of aromatic nitrogens is 1. The zero-order valence-corrected chi connectivity index (χ0v) is 36.6. The van der Waals surface area contributed by atoms with E-state index in [-0.39, 0.29) is 0 Å². The number of fused-ring (bicyclic) bond motifs is 14. The molecular weight excluding hydrogens is 809 g/mol. The second kappa shape index (κ2) is 14.7. The van der Waals surface area contributed by atoms with Gasteiger partial charge >= 0.3 is 0 Å². The van der Waals surface area contributed by atoms with Crippen LogP contribution in [0, 0.1) is 0 Å². The topological polar surface area (TPSA) is 8.17 Å². The summed E-state index contributed by atoms with van der Waals surface area (Å²) >= 11 is 0. The standard InChI is InChI=1S/C65H42N2/c1-3-15-43(16-4-1)45-29-32-49(33-30-45)66(50-34-31-47-39-46(27-28-48(47)40-50)44-17-5-2-6-18-44)51-35-37-55-56-38-36-52(67-63-25-13-9-21-57(63)58-22-10-14-26-64(58)67)42-62(56)65(61(55)41-51)59-23-11-7-19-53(59)54-20-8-12-24-60(54)65/h1-42H. The molecule has 0 amide bonds. The van der Waals surface area contributed by atoms with Crippen molar-refractivity contribution in [2.75, 3.05) is 4.90 Å². The fraction of sp³-hybridized carbons (Fsp3) is 0.0154. The van der Waals surface area contributed by atoms with Gasteiger partial charge in [0.2, 0.25) is 0 Å². The van der Waals surface area contributed by atoms with Crippen LogP contribution < -0.4 is 4.90 Å². The molecule has 1 spiro atoms. The van der Waals surface area contributed by atoms with Gasteiger partial charge in [0.25, 0.3) is 0 Å². The lowest BCUT2D eigenvalue weighted by Gasteiger charge is -2.32. The third kappa shape index (κ3) is 5.57. The molecule has 0 N–H and O–H groups in total. The first kappa shape index (κ1) is 37.6. The summed E-state index contributed by atoms with van der Waals surface area (Å²) in [6.45, 7) is 0. The largest absolute Gasteiger partial charge is 0.310 e. The van der Waals surface area contributed by atoms with Gasteiger partial charge in [-0.3, -0.25) is 0 Å². The van der Waals surface area contributed by atoms with E-state index < -0.39 is 5.41 Å². The van der Waals surface area contributed by atoms with E-state index in [1.54, 1.807) is 0 Å². The van der Waals surface area contributed by atoms with Crippen molar-refractivity contribution in [3.63, 3.8) is 0 Å². The van der Waals surface area contributed by atoms with Crippen molar-refractivity contribution in [2.45, 2.75) is 5.41 Å². The van der Waals surface area contributed by atoms with E-state index >= 15 is 0 Å². The Morgan fingerprint density at radius 3 is 1.40 bits per heavy atom. The SMILES string of the molecule is c1ccc(-c2ccc(N(c3ccc4c(c3)C3(c5ccccc5-c5ccccc53)c3cc(-n5c6ccccc6c6ccccc65)ccc3-4)c3ccc4cc(-c5ccccc5)ccc4c3)cc2)cc1. The summed E-state index contributed by atoms with van der Waals surface area (Å²) in [5, 5.41) is 4.94. The Balaban J connectivity index is 0.996. The van der Waals surface area contributed by atoms with E-state index in [2.05, 4.69) is 264 Å². The van der Waals surface area contributed by atoms with Crippen LogP contribution in [-0.2, 0) is 5.41 Å². The molecule has 0 saturated carbocycles. The summed E-state index contributed by atoms with van der Waals surface area (Å²) in [7, 11) is 0. The van der Waals surface area contributed by atoms with Gasteiger partial charge < -0.3 is 9.47 Å². The van der Waals surface area contributed by atoms with Gasteiger partial charge in [-0.05, 0) is 144 Å². The molecule has 312 valence electrons. The quantitative estimate of drug-likeness (QED) is 0.162. The second-order valence-corrected chi connectivity index (χ2v) is 18.0. The highest BCUT2D eigenvalue weighted by atomic mass is 15.1. The van der Waals surface area contributed by atoms with Crippen LogP contribution in [0.3, 0.4) is 0 Å². The number of hydrogen-bond donors (Lipinski definition) is 0. The van der Waals surface area contributed by atoms with E-state index in [1.807, 2.05) is 0 Å². The van der Waals surface area contributed by atoms with Crippen LogP contribution in [0.2, 0.25) is 0 Å². The molecule has 67 heavy (non-hydrogen) atoms. The maximum Gasteiger partial charge on any atom is 0.0727 e. The Morgan fingerprint density at radius 2 is 0.731 bits per heavy atom. The average molecular weight is 851 g/mol. The van der Waals surface area contributed by atoms with Crippen LogP contribution in [-0.4, -0.2) is 4.57 Å². The van der Waals surface area contributed by atoms with Crippen molar-refractivity contribution < 1.29 is 0 Å². The molecule has 14 rings (SSSR count). The first-order valence-corrected chi connectivity index (χ1v) is 23.2. The van der Waals surface area contributed by atoms with Crippen molar-refractivity contribution in [3.05, 3.63) is 277 Å². The van der Waals surface area contributed by atoms with Gasteiger partial charge in [-0.25, -0.2) is 0 Å². The van der Waals surface area contributed by atoms with Gasteiger partial charge in [0, 0.05) is 33.5 Å². The molecular formula is C65H42N2. The van der Waals surface area contributed by atoms with E-state index in [1.165, 1.54) is 99.3 Å². The fourth-order valence-electron chi connectivity index (χ4n) is 11.7. The van der Waals surface area contributed by atoms with Crippen LogP contribution in [0.4, 0.5) is 17.1 Å². The number of benzene rings is 11. The molecule has 0 unspecified atom stereocenters. The maximum absolute atomic E-state index is 2.50. The van der Waals surface area contributed by atoms with Crippen LogP contribution in [0.5, 0.6) is 0 Å². The third-order valence-corrected chi connectivity index (χ3v) is 14.6. The van der Waals surface area contributed by atoms with Crippen molar-refractivity contribution in [2.24, 2.45) is 0 Å². The normalized spacial score (nSPS) is 12.9. The summed E-state index contributed by atoms with van der Waals surface area (Å²) in [6.07, 6.45) is 0. The molecule has 0 aliphatic heterocycles. The van der Waals surface area contributed by atoms with Crippen LogP contribution in [0.1, 0.15) is 22.3 Å². The number of rotatable bonds is 6. The van der Waals surface area contributed by atoms with Gasteiger partial charge in [-0.1, -0.05) is 188 Å². The Labute approximate surface area is 389 Å². The Hall–Kier alpha value is -8.72. The van der Waals surface area contributed by atoms with Gasteiger partial charge in [0.1, 0.15) is 0 Å². The van der Waals surface area contributed by atoms with E-state index in [0.717, 1.165) is 22.7 Å². The molecule has 11 aromatic carbocycles. The Morgan fingerprint density at radius 1 is 0.284 bits per heavy atom. The first-order chi connectivity index (χ1) is 33.2. The van der Waals surface area contributed by atoms with Crippen molar-refractivity contribution >= 4 is 49.6 Å². The zero-order chi connectivity index (χ0) is 44.1. The van der Waals surface area contributed by atoms with E-state index in [0.29, 0.717) is 0 Å². The Kier molecular flexibility index (Phi) is 8.23. The number of nitrogens with zero attached hydrogens (tertiary/aromatic N) is 2. The highest BCUT2D eigenvalue weighted by molar-refractivity contribution is 6.09. The lowest BCUT2D eigenvalue weighted by molar-refractivity contribution is 0.792. The first-order valence-electron chi connectivity index (χ1n) is 23.2. The summed E-state index contributed by atoms with van der Waals surface area (Å²) in [5.41, 5.74) is 21.6. The zero-order valence-electron chi connectivity index (χ0n) is 36.6. The number of hydrogen-bond acceptors (Lipinski definition) is 1. The van der Waals surface area contributed by atoms with Gasteiger partial charge in [0.15, 0.2) is 0 Å². The molecule has 12 aromatic rings. The molecule has 0 saturated heterocycles. The maximum atomic E-state index is 2.50. The monoisotopic (exact) mass is 850 g/mol. The second-order valence-electron chi connectivity index (χ2n) is 18.0. The molecule has 2 heteroatoms. The average Bonchev–Trinajstić information content (AvgIpc) is 4.01. The minimum atomic E-state index is -0.553. The molecule has 2 aliphatic rings. The molecule has 2 aliphatic carbocycles. The number of para-hydroxylation sites is 2. The molecule has 0 fully saturated rings. The predicted molar refractivity (Wildman–Crippen MR) is 280 cm³/mol. The molecule has 0 radical (unpaired) electrons. The summed E-state index contributed by atoms with van der Waals surface area (Å²) in [4.78, 5) is 2.45. The molecule has 1 heterocycles. The minimum absolute atomic E-state index is 0.553. The highest BCUT2D eigenvalue weighted by Gasteiger charge is 2.52. The molecule has 2 nitrogen and oxygen atoms in total. The lowest BCUT2D eigenvalue weighted by atomic mass is 9.70.